The number of hydrogen-bond acceptors (Lipinski definition) is 4. The summed E-state index contributed by atoms with van der Waals surface area (Å²) < 4.78 is 28.2. The first-order valence-corrected chi connectivity index (χ1v) is 20.5. The van der Waals surface area contributed by atoms with Crippen molar-refractivity contribution >= 4 is 109 Å². The van der Waals surface area contributed by atoms with Gasteiger partial charge < -0.3 is 23.0 Å². The van der Waals surface area contributed by atoms with Crippen LogP contribution in [-0.4, -0.2) is 15.8 Å². The molecule has 0 saturated heterocycles. The van der Waals surface area contributed by atoms with Crippen molar-refractivity contribution in [3.8, 4) is 28.7 Å². The largest absolute Gasteiger partial charge is 0.458 e. The Kier molecular flexibility index (Phi) is 5.95. The number of thiophene rings is 1. The average Bonchev–Trinajstić information content (AvgIpc) is 3.95. The maximum Gasteiger partial charge on any atom is 0.274 e. The molecule has 57 heavy (non-hydrogen) atoms. The molecule has 0 radical (unpaired) electrons. The number of nitrogens with zero attached hydrogens (tertiary/aromatic N) is 2. The maximum atomic E-state index is 7.18. The lowest BCUT2D eigenvalue weighted by atomic mass is 9.37. The molecule has 0 spiro atoms. The van der Waals surface area contributed by atoms with E-state index in [-0.39, 0.29) is 12.1 Å². The summed E-state index contributed by atoms with van der Waals surface area (Å²) in [4.78, 5) is 0. The van der Waals surface area contributed by atoms with Gasteiger partial charge in [-0.05, 0) is 83.5 Å². The first-order chi connectivity index (χ1) is 27.7. The second kappa shape index (κ2) is 10.7. The molecule has 272 valence electrons. The first kappa shape index (κ1) is 31.7. The van der Waals surface area contributed by atoms with E-state index in [9.17, 15) is 0 Å². The molecular formula is C50H35BN2O3S. The van der Waals surface area contributed by atoms with Crippen LogP contribution in [0.4, 0.5) is 0 Å². The minimum Gasteiger partial charge on any atom is -0.458 e. The molecule has 2 aliphatic heterocycles. The summed E-state index contributed by atoms with van der Waals surface area (Å²) in [6.45, 7) is 8.88. The molecule has 11 aromatic rings. The summed E-state index contributed by atoms with van der Waals surface area (Å²) >= 11 is 1.85. The molecule has 0 aliphatic carbocycles. The molecule has 2 aliphatic rings. The Morgan fingerprint density at radius 2 is 1.32 bits per heavy atom. The molecule has 0 amide bonds. The van der Waals surface area contributed by atoms with E-state index >= 15 is 0 Å². The third kappa shape index (κ3) is 4.04. The summed E-state index contributed by atoms with van der Waals surface area (Å²) in [6.07, 6.45) is 0. The fourth-order valence-corrected chi connectivity index (χ4v) is 11.3. The van der Waals surface area contributed by atoms with Crippen LogP contribution in [0.15, 0.2) is 126 Å². The van der Waals surface area contributed by atoms with Crippen LogP contribution in [0.25, 0.3) is 81.3 Å². The Balaban J connectivity index is 1.18. The summed E-state index contributed by atoms with van der Waals surface area (Å²) in [5.74, 6) is 3.58. The molecule has 0 atom stereocenters. The smallest absolute Gasteiger partial charge is 0.274 e. The molecule has 6 heterocycles. The van der Waals surface area contributed by atoms with Gasteiger partial charge in [-0.3, -0.25) is 0 Å². The number of hydrogen-bond donors (Lipinski definition) is 0. The zero-order valence-electron chi connectivity index (χ0n) is 32.2. The highest BCUT2D eigenvalue weighted by atomic mass is 32.1. The van der Waals surface area contributed by atoms with Crippen molar-refractivity contribution in [1.29, 1.82) is 0 Å². The minimum absolute atomic E-state index is 0.0130. The molecular weight excluding hydrogens is 719 g/mol. The first-order valence-electron chi connectivity index (χ1n) is 19.7. The van der Waals surface area contributed by atoms with E-state index in [0.29, 0.717) is 0 Å². The SMILES string of the molecule is Cc1cc2c3c(c1)Oc1c(sc4ccc(C(C)(C)C)cc14)B3c1c(cc(-n3c4ccccc4c4c5oc6ccccc6c5ccc43)c3c1c1ccccc1n3C)O2. The molecule has 13 rings (SSSR count). The lowest BCUT2D eigenvalue weighted by Crippen LogP contribution is -2.56. The van der Waals surface area contributed by atoms with Crippen LogP contribution in [-0.2, 0) is 12.5 Å². The molecule has 4 aromatic heterocycles. The van der Waals surface area contributed by atoms with E-state index in [1.54, 1.807) is 0 Å². The third-order valence-corrected chi connectivity index (χ3v) is 13.8. The van der Waals surface area contributed by atoms with E-state index < -0.39 is 0 Å². The molecule has 0 saturated carbocycles. The van der Waals surface area contributed by atoms with Crippen molar-refractivity contribution in [2.45, 2.75) is 33.1 Å². The molecule has 7 aromatic carbocycles. The second-order valence-corrected chi connectivity index (χ2v) is 18.0. The number of furan rings is 1. The van der Waals surface area contributed by atoms with Crippen LogP contribution in [0.3, 0.4) is 0 Å². The number of fused-ring (bicyclic) bond motifs is 17. The lowest BCUT2D eigenvalue weighted by Gasteiger charge is -2.33. The fraction of sp³-hybridized carbons (Fsp3) is 0.120. The van der Waals surface area contributed by atoms with Crippen molar-refractivity contribution < 1.29 is 13.9 Å². The van der Waals surface area contributed by atoms with Gasteiger partial charge in [0.15, 0.2) is 0 Å². The van der Waals surface area contributed by atoms with Crippen molar-refractivity contribution in [3.63, 3.8) is 0 Å². The van der Waals surface area contributed by atoms with Crippen LogP contribution >= 0.6 is 11.3 Å². The van der Waals surface area contributed by atoms with Gasteiger partial charge in [-0.15, -0.1) is 11.3 Å². The van der Waals surface area contributed by atoms with Crippen molar-refractivity contribution in [2.24, 2.45) is 7.05 Å². The second-order valence-electron chi connectivity index (χ2n) is 17.0. The zero-order chi connectivity index (χ0) is 38.1. The Labute approximate surface area is 332 Å². The monoisotopic (exact) mass is 754 g/mol. The van der Waals surface area contributed by atoms with Gasteiger partial charge in [0.1, 0.15) is 34.2 Å². The zero-order valence-corrected chi connectivity index (χ0v) is 33.0. The maximum absolute atomic E-state index is 7.18. The summed E-state index contributed by atoms with van der Waals surface area (Å²) in [6, 6.07) is 44.0. The van der Waals surface area contributed by atoms with Gasteiger partial charge in [-0.1, -0.05) is 81.4 Å². The fourth-order valence-electron chi connectivity index (χ4n) is 10.1. The van der Waals surface area contributed by atoms with Gasteiger partial charge in [0.25, 0.3) is 6.71 Å². The van der Waals surface area contributed by atoms with Gasteiger partial charge in [-0.2, -0.15) is 0 Å². The Morgan fingerprint density at radius 1 is 0.614 bits per heavy atom. The van der Waals surface area contributed by atoms with Crippen LogP contribution in [0.1, 0.15) is 31.9 Å². The van der Waals surface area contributed by atoms with Crippen LogP contribution in [0, 0.1) is 6.92 Å². The Morgan fingerprint density at radius 3 is 2.12 bits per heavy atom. The highest BCUT2D eigenvalue weighted by Gasteiger charge is 2.45. The molecule has 7 heteroatoms. The van der Waals surface area contributed by atoms with Gasteiger partial charge in [0.05, 0.1) is 27.6 Å². The predicted molar refractivity (Wildman–Crippen MR) is 239 cm³/mol. The van der Waals surface area contributed by atoms with E-state index in [1.165, 1.54) is 42.2 Å². The number of aromatic nitrogens is 2. The summed E-state index contributed by atoms with van der Waals surface area (Å²) in [7, 11) is 2.21. The standard InChI is InChI=1S/C50H35BN2O3S/c1-26-22-38-44-39(23-26)56-48-32-24-27(50(2,3)4)18-21-41(32)57-49(48)51(44)45-40(54-38)25-36(46-43(45)30-13-6-9-15-33(30)52(46)5)53-34-16-10-7-14-31(34)42-35(53)20-19-29-28-12-8-11-17-37(28)55-47(29)42/h6-25H,1-5H3. The highest BCUT2D eigenvalue weighted by Crippen LogP contribution is 2.47. The minimum atomic E-state index is -0.0748. The van der Waals surface area contributed by atoms with Crippen molar-refractivity contribution in [3.05, 3.63) is 132 Å². The summed E-state index contributed by atoms with van der Waals surface area (Å²) in [5.41, 5.74) is 12.1. The van der Waals surface area contributed by atoms with E-state index in [1.807, 2.05) is 17.4 Å². The van der Waals surface area contributed by atoms with Crippen LogP contribution in [0.5, 0.6) is 23.0 Å². The van der Waals surface area contributed by atoms with Gasteiger partial charge in [0.2, 0.25) is 0 Å². The summed E-state index contributed by atoms with van der Waals surface area (Å²) in [5, 5.41) is 8.12. The molecule has 0 unspecified atom stereocenters. The van der Waals surface area contributed by atoms with E-state index in [2.05, 4.69) is 159 Å². The van der Waals surface area contributed by atoms with Gasteiger partial charge in [0, 0.05) is 65.9 Å². The van der Waals surface area contributed by atoms with E-state index in [0.717, 1.165) is 89.0 Å². The third-order valence-electron chi connectivity index (χ3n) is 12.6. The molecule has 0 fully saturated rings. The van der Waals surface area contributed by atoms with Crippen molar-refractivity contribution in [1.82, 2.24) is 9.13 Å². The Hall–Kier alpha value is -6.44. The van der Waals surface area contributed by atoms with Crippen molar-refractivity contribution in [2.75, 3.05) is 0 Å². The number of aryl methyl sites for hydroxylation is 2. The quantitative estimate of drug-likeness (QED) is 0.157. The normalized spacial score (nSPS) is 13.6. The number of benzene rings is 7. The molecule has 0 bridgehead atoms. The van der Waals surface area contributed by atoms with Gasteiger partial charge in [-0.25, -0.2) is 0 Å². The highest BCUT2D eigenvalue weighted by molar-refractivity contribution is 7.33. The topological polar surface area (TPSA) is 41.5 Å². The molecule has 5 nitrogen and oxygen atoms in total. The van der Waals surface area contributed by atoms with E-state index in [4.69, 9.17) is 13.9 Å². The Bertz CT molecular complexity index is 3610. The van der Waals surface area contributed by atoms with Crippen LogP contribution < -0.4 is 25.2 Å². The van der Waals surface area contributed by atoms with Crippen LogP contribution in [0.2, 0.25) is 0 Å². The van der Waals surface area contributed by atoms with Gasteiger partial charge >= 0.3 is 0 Å². The average molecular weight is 755 g/mol. The predicted octanol–water partition coefficient (Wildman–Crippen LogP) is 11.9. The number of rotatable bonds is 1. The number of ether oxygens (including phenoxy) is 2. The molecule has 0 N–H and O–H groups in total. The number of para-hydroxylation sites is 3. The lowest BCUT2D eigenvalue weighted by molar-refractivity contribution is 0.467.